The number of nitrogens with zero attached hydrogens (tertiary/aromatic N) is 3. The van der Waals surface area contributed by atoms with Gasteiger partial charge in [-0.25, -0.2) is 0 Å². The zero-order chi connectivity index (χ0) is 17.0. The molecule has 5 nitrogen and oxygen atoms in total. The highest BCUT2D eigenvalue weighted by molar-refractivity contribution is 5.84. The van der Waals surface area contributed by atoms with Gasteiger partial charge >= 0.3 is 0 Å². The third-order valence-electron chi connectivity index (χ3n) is 5.13. The predicted molar refractivity (Wildman–Crippen MR) is 93.6 cm³/mol. The Balaban J connectivity index is 1.84. The first-order valence-corrected chi connectivity index (χ1v) is 8.85. The van der Waals surface area contributed by atoms with Gasteiger partial charge in [-0.15, -0.1) is 0 Å². The lowest BCUT2D eigenvalue weighted by Crippen LogP contribution is -2.40. The number of rotatable bonds is 6. The third kappa shape index (κ3) is 4.56. The van der Waals surface area contributed by atoms with E-state index >= 15 is 0 Å². The van der Waals surface area contributed by atoms with Crippen LogP contribution in [0.5, 0.6) is 0 Å². The lowest BCUT2D eigenvalue weighted by Gasteiger charge is -2.34. The maximum Gasteiger partial charge on any atom is 0.229 e. The molecule has 1 unspecified atom stereocenters. The number of hydrogen-bond donors (Lipinski definition) is 1. The lowest BCUT2D eigenvalue weighted by atomic mass is 9.90. The number of likely N-dealkylation sites (tertiary alicyclic amines) is 1. The molecular weight excluding hydrogens is 288 g/mol. The molecule has 1 aromatic heterocycles. The Labute approximate surface area is 140 Å². The average molecular weight is 320 g/mol. The lowest BCUT2D eigenvalue weighted by molar-refractivity contribution is -0.133. The van der Waals surface area contributed by atoms with E-state index in [9.17, 15) is 4.79 Å². The van der Waals surface area contributed by atoms with Crippen LogP contribution in [0.25, 0.3) is 0 Å². The van der Waals surface area contributed by atoms with Crippen LogP contribution in [0.2, 0.25) is 0 Å². The van der Waals surface area contributed by atoms with Gasteiger partial charge in [-0.1, -0.05) is 0 Å². The summed E-state index contributed by atoms with van der Waals surface area (Å²) >= 11 is 0. The molecule has 0 saturated carbocycles. The van der Waals surface area contributed by atoms with Crippen LogP contribution in [0.3, 0.4) is 0 Å². The van der Waals surface area contributed by atoms with E-state index in [4.69, 9.17) is 0 Å². The summed E-state index contributed by atoms with van der Waals surface area (Å²) < 4.78 is 0. The standard InChI is InChI=1S/C18H32N4O/c1-13(17-14(2)19-20-15(17)3)18(23)22-11-8-16(9-12-22)7-6-10-21(4)5/h13,16H,6-12H2,1-5H3,(H,19,20). The molecule has 0 bridgehead atoms. The first kappa shape index (κ1) is 18.0. The van der Waals surface area contributed by atoms with Gasteiger partial charge in [0.2, 0.25) is 5.91 Å². The Morgan fingerprint density at radius 3 is 2.52 bits per heavy atom. The van der Waals surface area contributed by atoms with Crippen molar-refractivity contribution in [2.45, 2.75) is 52.4 Å². The Bertz CT molecular complexity index is 496. The van der Waals surface area contributed by atoms with Gasteiger partial charge in [-0.3, -0.25) is 9.89 Å². The van der Waals surface area contributed by atoms with E-state index in [1.165, 1.54) is 12.8 Å². The number of aromatic amines is 1. The highest BCUT2D eigenvalue weighted by atomic mass is 16.2. The molecule has 1 N–H and O–H groups in total. The summed E-state index contributed by atoms with van der Waals surface area (Å²) in [6.07, 6.45) is 4.84. The summed E-state index contributed by atoms with van der Waals surface area (Å²) in [6, 6.07) is 0. The summed E-state index contributed by atoms with van der Waals surface area (Å²) in [7, 11) is 4.25. The minimum absolute atomic E-state index is 0.0981. The Morgan fingerprint density at radius 1 is 1.35 bits per heavy atom. The largest absolute Gasteiger partial charge is 0.342 e. The van der Waals surface area contributed by atoms with Crippen molar-refractivity contribution in [2.24, 2.45) is 5.92 Å². The monoisotopic (exact) mass is 320 g/mol. The minimum atomic E-state index is -0.0981. The van der Waals surface area contributed by atoms with Crippen molar-refractivity contribution in [2.75, 3.05) is 33.7 Å². The van der Waals surface area contributed by atoms with E-state index in [1.54, 1.807) is 0 Å². The summed E-state index contributed by atoms with van der Waals surface area (Å²) in [5.74, 6) is 0.940. The number of nitrogens with one attached hydrogen (secondary N) is 1. The van der Waals surface area contributed by atoms with Gasteiger partial charge < -0.3 is 9.80 Å². The molecule has 5 heteroatoms. The summed E-state index contributed by atoms with van der Waals surface area (Å²) in [5, 5.41) is 7.22. The number of piperidine rings is 1. The number of carbonyl (C=O) groups excluding carboxylic acids is 1. The highest BCUT2D eigenvalue weighted by Crippen LogP contribution is 2.27. The molecule has 1 atom stereocenters. The zero-order valence-electron chi connectivity index (χ0n) is 15.4. The van der Waals surface area contributed by atoms with Gasteiger partial charge in [0.1, 0.15) is 0 Å². The van der Waals surface area contributed by atoms with Gasteiger partial charge in [0.05, 0.1) is 11.6 Å². The topological polar surface area (TPSA) is 52.2 Å². The molecule has 2 heterocycles. The number of H-pyrrole nitrogens is 1. The number of amides is 1. The number of aromatic nitrogens is 2. The maximum absolute atomic E-state index is 12.8. The number of aryl methyl sites for hydroxylation is 2. The van der Waals surface area contributed by atoms with Crippen LogP contribution in [-0.4, -0.2) is 59.6 Å². The van der Waals surface area contributed by atoms with Gasteiger partial charge in [0.25, 0.3) is 0 Å². The number of carbonyl (C=O) groups is 1. The van der Waals surface area contributed by atoms with Crippen LogP contribution in [0, 0.1) is 19.8 Å². The normalized spacial score (nSPS) is 17.7. The minimum Gasteiger partial charge on any atom is -0.342 e. The van der Waals surface area contributed by atoms with Gasteiger partial charge in [0.15, 0.2) is 0 Å². The molecule has 1 amide bonds. The fraction of sp³-hybridized carbons (Fsp3) is 0.778. The molecule has 23 heavy (non-hydrogen) atoms. The smallest absolute Gasteiger partial charge is 0.229 e. The first-order chi connectivity index (χ1) is 10.9. The van der Waals surface area contributed by atoms with E-state index in [-0.39, 0.29) is 11.8 Å². The van der Waals surface area contributed by atoms with Crippen LogP contribution >= 0.6 is 0 Å². The van der Waals surface area contributed by atoms with Gasteiger partial charge in [0, 0.05) is 24.3 Å². The van der Waals surface area contributed by atoms with E-state index < -0.39 is 0 Å². The second kappa shape index (κ2) is 7.95. The molecule has 2 rings (SSSR count). The summed E-state index contributed by atoms with van der Waals surface area (Å²) in [6.45, 7) is 8.96. The van der Waals surface area contributed by atoms with Crippen molar-refractivity contribution >= 4 is 5.91 Å². The molecular formula is C18H32N4O. The van der Waals surface area contributed by atoms with E-state index in [0.717, 1.165) is 55.3 Å². The van der Waals surface area contributed by atoms with Crippen molar-refractivity contribution in [1.29, 1.82) is 0 Å². The van der Waals surface area contributed by atoms with E-state index in [0.29, 0.717) is 0 Å². The molecule has 1 aliphatic rings. The number of hydrogen-bond acceptors (Lipinski definition) is 3. The van der Waals surface area contributed by atoms with Crippen LogP contribution in [0.1, 0.15) is 55.5 Å². The molecule has 1 aromatic rings. The quantitative estimate of drug-likeness (QED) is 0.877. The van der Waals surface area contributed by atoms with Crippen molar-refractivity contribution in [3.05, 3.63) is 17.0 Å². The average Bonchev–Trinajstić information content (AvgIpc) is 2.85. The zero-order valence-corrected chi connectivity index (χ0v) is 15.4. The van der Waals surface area contributed by atoms with Crippen LogP contribution in [0.15, 0.2) is 0 Å². The van der Waals surface area contributed by atoms with Crippen molar-refractivity contribution in [1.82, 2.24) is 20.0 Å². The molecule has 1 saturated heterocycles. The molecule has 0 radical (unpaired) electrons. The van der Waals surface area contributed by atoms with E-state index in [1.807, 2.05) is 20.8 Å². The third-order valence-corrected chi connectivity index (χ3v) is 5.13. The Kier molecular flexibility index (Phi) is 6.22. The highest BCUT2D eigenvalue weighted by Gasteiger charge is 2.28. The molecule has 0 spiro atoms. The fourth-order valence-electron chi connectivity index (χ4n) is 3.73. The summed E-state index contributed by atoms with van der Waals surface area (Å²) in [5.41, 5.74) is 3.03. The Hall–Kier alpha value is -1.36. The Morgan fingerprint density at radius 2 is 2.00 bits per heavy atom. The maximum atomic E-state index is 12.8. The van der Waals surface area contributed by atoms with E-state index in [2.05, 4.69) is 34.1 Å². The summed E-state index contributed by atoms with van der Waals surface area (Å²) in [4.78, 5) is 17.1. The van der Waals surface area contributed by atoms with Crippen molar-refractivity contribution in [3.63, 3.8) is 0 Å². The predicted octanol–water partition coefficient (Wildman–Crippen LogP) is 2.71. The van der Waals surface area contributed by atoms with Crippen LogP contribution in [-0.2, 0) is 4.79 Å². The fourth-order valence-corrected chi connectivity index (χ4v) is 3.73. The second-order valence-corrected chi connectivity index (χ2v) is 7.28. The molecule has 1 fully saturated rings. The van der Waals surface area contributed by atoms with Crippen LogP contribution < -0.4 is 0 Å². The van der Waals surface area contributed by atoms with Crippen molar-refractivity contribution < 1.29 is 4.79 Å². The first-order valence-electron chi connectivity index (χ1n) is 8.85. The molecule has 0 aliphatic carbocycles. The van der Waals surface area contributed by atoms with Crippen LogP contribution in [0.4, 0.5) is 0 Å². The van der Waals surface area contributed by atoms with Crippen molar-refractivity contribution in [3.8, 4) is 0 Å². The molecule has 1 aliphatic heterocycles. The SMILES string of the molecule is Cc1n[nH]c(C)c1C(C)C(=O)N1CCC(CCCN(C)C)CC1. The molecule has 130 valence electrons. The van der Waals surface area contributed by atoms with Gasteiger partial charge in [-0.2, -0.15) is 5.10 Å². The second-order valence-electron chi connectivity index (χ2n) is 7.28. The molecule has 0 aromatic carbocycles. The van der Waals surface area contributed by atoms with Gasteiger partial charge in [-0.05, 0) is 73.0 Å².